The van der Waals surface area contributed by atoms with Crippen LogP contribution in [0.25, 0.3) is 0 Å². The maximum atomic E-state index is 13.2. The van der Waals surface area contributed by atoms with Crippen LogP contribution in [-0.4, -0.2) is 91.2 Å². The number of rotatable bonds is 11. The monoisotopic (exact) mass is 416 g/mol. The fraction of sp³-hybridized carbons (Fsp3) is 0.750. The van der Waals surface area contributed by atoms with Gasteiger partial charge in [0, 0.05) is 51.1 Å². The maximum absolute atomic E-state index is 13.2. The molecule has 1 unspecified atom stereocenters. The molecular weight excluding hydrogens is 376 g/mol. The van der Waals surface area contributed by atoms with E-state index in [2.05, 4.69) is 26.6 Å². The second-order valence-electron chi connectivity index (χ2n) is 8.82. The number of likely N-dealkylation sites (tertiary alicyclic amines) is 2. The van der Waals surface area contributed by atoms with Crippen LogP contribution in [0.5, 0.6) is 0 Å². The van der Waals surface area contributed by atoms with Gasteiger partial charge in [-0.05, 0) is 76.3 Å². The molecule has 3 rings (SSSR count). The summed E-state index contributed by atoms with van der Waals surface area (Å²) in [6.45, 7) is 10.4. The molecule has 0 aromatic carbocycles. The molecule has 2 aliphatic heterocycles. The van der Waals surface area contributed by atoms with Crippen molar-refractivity contribution in [1.29, 1.82) is 0 Å². The number of hydrogen-bond acceptors (Lipinski definition) is 5. The Hall–Kier alpha value is -1.50. The Balaban J connectivity index is 1.55. The summed E-state index contributed by atoms with van der Waals surface area (Å²) in [6.07, 6.45) is 7.93. The predicted molar refractivity (Wildman–Crippen MR) is 120 cm³/mol. The zero-order chi connectivity index (χ0) is 21.2. The quantitative estimate of drug-likeness (QED) is 0.555. The lowest BCUT2D eigenvalue weighted by atomic mass is 9.95. The van der Waals surface area contributed by atoms with Gasteiger partial charge in [0.2, 0.25) is 5.91 Å². The molecule has 1 aromatic heterocycles. The Morgan fingerprint density at radius 2 is 2.03 bits per heavy atom. The van der Waals surface area contributed by atoms with Crippen molar-refractivity contribution in [3.05, 3.63) is 30.1 Å². The molecule has 2 saturated heterocycles. The average molecular weight is 417 g/mol. The van der Waals surface area contributed by atoms with Crippen molar-refractivity contribution < 1.29 is 9.53 Å². The van der Waals surface area contributed by atoms with Crippen LogP contribution < -0.4 is 0 Å². The molecule has 0 aliphatic carbocycles. The van der Waals surface area contributed by atoms with Crippen molar-refractivity contribution in [3.63, 3.8) is 0 Å². The van der Waals surface area contributed by atoms with E-state index >= 15 is 0 Å². The van der Waals surface area contributed by atoms with E-state index < -0.39 is 0 Å². The second kappa shape index (κ2) is 12.4. The normalized spacial score (nSPS) is 21.2. The number of ether oxygens (including phenoxy) is 1. The molecule has 1 amide bonds. The third-order valence-electron chi connectivity index (χ3n) is 6.81. The lowest BCUT2D eigenvalue weighted by Crippen LogP contribution is -2.46. The first-order chi connectivity index (χ1) is 14.7. The number of aryl methyl sites for hydroxylation is 1. The Morgan fingerprint density at radius 1 is 1.20 bits per heavy atom. The summed E-state index contributed by atoms with van der Waals surface area (Å²) in [5, 5.41) is 0. The highest BCUT2D eigenvalue weighted by Crippen LogP contribution is 2.22. The van der Waals surface area contributed by atoms with Crippen LogP contribution in [0.15, 0.2) is 24.4 Å². The Labute approximate surface area is 182 Å². The number of aromatic nitrogens is 1. The molecule has 168 valence electrons. The first-order valence-electron chi connectivity index (χ1n) is 11.8. The number of carbonyl (C=O) groups is 1. The summed E-state index contributed by atoms with van der Waals surface area (Å²) >= 11 is 0. The number of carbonyl (C=O) groups excluding carboxylic acids is 1. The fourth-order valence-electron chi connectivity index (χ4n) is 4.91. The van der Waals surface area contributed by atoms with Gasteiger partial charge in [0.25, 0.3) is 0 Å². The molecule has 3 heterocycles. The number of piperidine rings is 1. The van der Waals surface area contributed by atoms with Gasteiger partial charge in [0.05, 0.1) is 6.61 Å². The summed E-state index contributed by atoms with van der Waals surface area (Å²) in [4.78, 5) is 24.9. The highest BCUT2D eigenvalue weighted by Gasteiger charge is 2.29. The van der Waals surface area contributed by atoms with Crippen molar-refractivity contribution in [2.45, 2.75) is 51.5 Å². The highest BCUT2D eigenvalue weighted by atomic mass is 16.5. The smallest absolute Gasteiger partial charge is 0.223 e. The van der Waals surface area contributed by atoms with Crippen LogP contribution in [0.2, 0.25) is 0 Å². The Morgan fingerprint density at radius 3 is 2.73 bits per heavy atom. The fourth-order valence-corrected chi connectivity index (χ4v) is 4.91. The zero-order valence-corrected chi connectivity index (χ0v) is 19.0. The van der Waals surface area contributed by atoms with E-state index in [0.29, 0.717) is 24.3 Å². The van der Waals surface area contributed by atoms with Gasteiger partial charge in [0.1, 0.15) is 0 Å². The molecular formula is C24H40N4O2. The van der Waals surface area contributed by atoms with E-state index in [1.807, 2.05) is 24.4 Å². The number of hydrogen-bond donors (Lipinski definition) is 0. The maximum Gasteiger partial charge on any atom is 0.223 e. The first kappa shape index (κ1) is 23.2. The second-order valence-corrected chi connectivity index (χ2v) is 8.82. The van der Waals surface area contributed by atoms with Crippen LogP contribution >= 0.6 is 0 Å². The lowest BCUT2D eigenvalue weighted by Gasteiger charge is -2.36. The molecule has 2 aliphatic rings. The predicted octanol–water partition coefficient (Wildman–Crippen LogP) is 2.69. The van der Waals surface area contributed by atoms with Gasteiger partial charge in [-0.25, -0.2) is 0 Å². The average Bonchev–Trinajstić information content (AvgIpc) is 3.24. The third-order valence-corrected chi connectivity index (χ3v) is 6.81. The molecule has 0 saturated carbocycles. The van der Waals surface area contributed by atoms with Gasteiger partial charge in [-0.2, -0.15) is 0 Å². The number of nitrogens with zero attached hydrogens (tertiary/aromatic N) is 4. The van der Waals surface area contributed by atoms with Crippen molar-refractivity contribution in [2.24, 2.45) is 5.92 Å². The number of amides is 1. The standard InChI is InChI=1S/C24H40N4O2/c1-3-27-14-6-8-23(27)20-28(24(29)10-9-22-7-4-5-13-25-22)19-21-11-15-26(16-12-21)17-18-30-2/h4-5,7,13,21,23H,3,6,8-12,14-20H2,1-2H3. The largest absolute Gasteiger partial charge is 0.383 e. The minimum Gasteiger partial charge on any atom is -0.383 e. The summed E-state index contributed by atoms with van der Waals surface area (Å²) in [5.41, 5.74) is 1.01. The molecule has 1 aromatic rings. The van der Waals surface area contributed by atoms with Crippen LogP contribution in [0.1, 0.15) is 44.7 Å². The van der Waals surface area contributed by atoms with Gasteiger partial charge in [0.15, 0.2) is 0 Å². The summed E-state index contributed by atoms with van der Waals surface area (Å²) < 4.78 is 5.22. The van der Waals surface area contributed by atoms with Gasteiger partial charge in [-0.15, -0.1) is 0 Å². The van der Waals surface area contributed by atoms with Gasteiger partial charge in [-0.1, -0.05) is 13.0 Å². The van der Waals surface area contributed by atoms with Crippen LogP contribution in [0.3, 0.4) is 0 Å². The molecule has 0 bridgehead atoms. The van der Waals surface area contributed by atoms with E-state index in [9.17, 15) is 4.79 Å². The van der Waals surface area contributed by atoms with E-state index in [1.54, 1.807) is 7.11 Å². The van der Waals surface area contributed by atoms with E-state index in [-0.39, 0.29) is 0 Å². The summed E-state index contributed by atoms with van der Waals surface area (Å²) in [7, 11) is 1.77. The molecule has 0 spiro atoms. The molecule has 30 heavy (non-hydrogen) atoms. The number of likely N-dealkylation sites (N-methyl/N-ethyl adjacent to an activating group) is 1. The minimum absolute atomic E-state index is 0.297. The van der Waals surface area contributed by atoms with Crippen molar-refractivity contribution in [3.8, 4) is 0 Å². The third kappa shape index (κ3) is 7.03. The molecule has 2 fully saturated rings. The molecule has 1 atom stereocenters. The van der Waals surface area contributed by atoms with Gasteiger partial charge >= 0.3 is 0 Å². The molecule has 0 N–H and O–H groups in total. The SMILES string of the molecule is CCN1CCCC1CN(CC1CCN(CCOC)CC1)C(=O)CCc1ccccn1. The minimum atomic E-state index is 0.297. The van der Waals surface area contributed by atoms with E-state index in [1.165, 1.54) is 32.2 Å². The lowest BCUT2D eigenvalue weighted by molar-refractivity contribution is -0.132. The van der Waals surface area contributed by atoms with Crippen molar-refractivity contribution >= 4 is 5.91 Å². The Kier molecular flexibility index (Phi) is 9.56. The first-order valence-corrected chi connectivity index (χ1v) is 11.8. The van der Waals surface area contributed by atoms with Crippen LogP contribution in [0.4, 0.5) is 0 Å². The number of methoxy groups -OCH3 is 1. The number of pyridine rings is 1. The van der Waals surface area contributed by atoms with Crippen LogP contribution in [0, 0.1) is 5.92 Å². The van der Waals surface area contributed by atoms with Crippen molar-refractivity contribution in [1.82, 2.24) is 19.7 Å². The van der Waals surface area contributed by atoms with Crippen molar-refractivity contribution in [2.75, 3.05) is 59.5 Å². The Bertz CT molecular complexity index is 619. The van der Waals surface area contributed by atoms with Gasteiger partial charge in [-0.3, -0.25) is 14.7 Å². The summed E-state index contributed by atoms with van der Waals surface area (Å²) in [5.74, 6) is 0.907. The zero-order valence-electron chi connectivity index (χ0n) is 19.0. The van der Waals surface area contributed by atoms with Gasteiger partial charge < -0.3 is 14.5 Å². The topological polar surface area (TPSA) is 48.9 Å². The molecule has 6 nitrogen and oxygen atoms in total. The van der Waals surface area contributed by atoms with E-state index in [0.717, 1.165) is 58.0 Å². The molecule has 6 heteroatoms. The molecule has 0 radical (unpaired) electrons. The van der Waals surface area contributed by atoms with E-state index in [4.69, 9.17) is 4.74 Å². The highest BCUT2D eigenvalue weighted by molar-refractivity contribution is 5.76. The summed E-state index contributed by atoms with van der Waals surface area (Å²) in [6, 6.07) is 6.47. The van der Waals surface area contributed by atoms with Crippen LogP contribution in [-0.2, 0) is 16.0 Å².